The van der Waals surface area contributed by atoms with Crippen LogP contribution in [0.25, 0.3) is 0 Å². The van der Waals surface area contributed by atoms with Crippen molar-refractivity contribution < 1.29 is 5.21 Å². The molecule has 0 saturated carbocycles. The van der Waals surface area contributed by atoms with Gasteiger partial charge in [-0.1, -0.05) is 39.0 Å². The lowest BCUT2D eigenvalue weighted by Gasteiger charge is -1.98. The molecule has 0 aromatic heterocycles. The predicted octanol–water partition coefficient (Wildman–Crippen LogP) is 2.33. The Labute approximate surface area is 63.6 Å². The fraction of sp³-hybridized carbons (Fsp3) is 1.00. The van der Waals surface area contributed by atoms with E-state index >= 15 is 0 Å². The van der Waals surface area contributed by atoms with Crippen molar-refractivity contribution in [2.24, 2.45) is 0 Å². The number of rotatable bonds is 7. The first-order valence-electron chi connectivity index (χ1n) is 4.28. The Morgan fingerprint density at radius 3 is 2.20 bits per heavy atom. The minimum absolute atomic E-state index is 0.742. The third-order valence-corrected chi connectivity index (χ3v) is 1.64. The molecule has 0 aliphatic carbocycles. The third kappa shape index (κ3) is 7.92. The summed E-state index contributed by atoms with van der Waals surface area (Å²) in [4.78, 5) is 0. The zero-order chi connectivity index (χ0) is 7.66. The third-order valence-electron chi connectivity index (χ3n) is 1.64. The van der Waals surface area contributed by atoms with Crippen LogP contribution in [0.4, 0.5) is 0 Å². The predicted molar refractivity (Wildman–Crippen MR) is 43.2 cm³/mol. The Hall–Kier alpha value is -0.0800. The maximum atomic E-state index is 8.22. The molecule has 0 aliphatic rings. The highest BCUT2D eigenvalue weighted by Crippen LogP contribution is 2.03. The molecule has 0 fully saturated rings. The zero-order valence-corrected chi connectivity index (χ0v) is 6.90. The van der Waals surface area contributed by atoms with E-state index < -0.39 is 0 Å². The van der Waals surface area contributed by atoms with Crippen LogP contribution >= 0.6 is 0 Å². The Bertz CT molecular complexity index is 49.2. The highest BCUT2D eigenvalue weighted by molar-refractivity contribution is 4.43. The van der Waals surface area contributed by atoms with Gasteiger partial charge in [-0.2, -0.15) is 0 Å². The van der Waals surface area contributed by atoms with Gasteiger partial charge >= 0.3 is 0 Å². The van der Waals surface area contributed by atoms with Crippen LogP contribution in [0.1, 0.15) is 45.4 Å². The van der Waals surface area contributed by atoms with Crippen molar-refractivity contribution >= 4 is 0 Å². The minimum Gasteiger partial charge on any atom is -0.317 e. The standard InChI is InChI=1S/C8H19NO/c1-2-3-4-5-6-7-8-9-10/h9-10H,2-8H2,1H3. The molecule has 0 aromatic carbocycles. The summed E-state index contributed by atoms with van der Waals surface area (Å²) >= 11 is 0. The molecular weight excluding hydrogens is 126 g/mol. The second-order valence-electron chi connectivity index (χ2n) is 2.68. The molecule has 0 atom stereocenters. The van der Waals surface area contributed by atoms with Crippen molar-refractivity contribution in [2.75, 3.05) is 6.54 Å². The largest absolute Gasteiger partial charge is 0.317 e. The highest BCUT2D eigenvalue weighted by atomic mass is 16.5. The first-order chi connectivity index (χ1) is 4.91. The van der Waals surface area contributed by atoms with Gasteiger partial charge in [0.1, 0.15) is 0 Å². The summed E-state index contributed by atoms with van der Waals surface area (Å²) in [5, 5.41) is 8.22. The molecule has 0 rings (SSSR count). The molecular formula is C8H19NO. The van der Waals surface area contributed by atoms with Gasteiger partial charge < -0.3 is 5.21 Å². The summed E-state index contributed by atoms with van der Waals surface area (Å²) < 4.78 is 0. The van der Waals surface area contributed by atoms with Crippen LogP contribution in [0.3, 0.4) is 0 Å². The van der Waals surface area contributed by atoms with E-state index in [2.05, 4.69) is 12.4 Å². The van der Waals surface area contributed by atoms with E-state index in [1.54, 1.807) is 0 Å². The zero-order valence-electron chi connectivity index (χ0n) is 6.90. The summed E-state index contributed by atoms with van der Waals surface area (Å²) in [5.41, 5.74) is 2.16. The van der Waals surface area contributed by atoms with Crippen LogP contribution in [0.2, 0.25) is 0 Å². The van der Waals surface area contributed by atoms with Gasteiger partial charge in [0.25, 0.3) is 0 Å². The van der Waals surface area contributed by atoms with Crippen LogP contribution < -0.4 is 5.48 Å². The van der Waals surface area contributed by atoms with Gasteiger partial charge in [0.2, 0.25) is 0 Å². The molecule has 10 heavy (non-hydrogen) atoms. The SMILES string of the molecule is CCCCCCCCNO. The van der Waals surface area contributed by atoms with Gasteiger partial charge in [0, 0.05) is 6.54 Å². The Morgan fingerprint density at radius 1 is 1.00 bits per heavy atom. The molecule has 0 heterocycles. The van der Waals surface area contributed by atoms with Gasteiger partial charge in [-0.25, -0.2) is 5.48 Å². The number of hydrogen-bond acceptors (Lipinski definition) is 2. The van der Waals surface area contributed by atoms with Gasteiger partial charge in [0.05, 0.1) is 0 Å². The van der Waals surface area contributed by atoms with E-state index in [-0.39, 0.29) is 0 Å². The van der Waals surface area contributed by atoms with Crippen LogP contribution in [0.15, 0.2) is 0 Å². The van der Waals surface area contributed by atoms with Crippen LogP contribution in [-0.2, 0) is 0 Å². The summed E-state index contributed by atoms with van der Waals surface area (Å²) in [6.07, 6.45) is 7.66. The maximum Gasteiger partial charge on any atom is 0.0207 e. The molecule has 2 N–H and O–H groups in total. The van der Waals surface area contributed by atoms with Gasteiger partial charge in [-0.3, -0.25) is 0 Å². The number of hydroxylamine groups is 1. The van der Waals surface area contributed by atoms with Crippen molar-refractivity contribution in [1.29, 1.82) is 0 Å². The molecule has 0 spiro atoms. The average Bonchev–Trinajstić information content (AvgIpc) is 1.97. The molecule has 0 amide bonds. The fourth-order valence-electron chi connectivity index (χ4n) is 0.984. The van der Waals surface area contributed by atoms with Crippen molar-refractivity contribution in [3.63, 3.8) is 0 Å². The maximum absolute atomic E-state index is 8.22. The smallest absolute Gasteiger partial charge is 0.0207 e. The van der Waals surface area contributed by atoms with E-state index in [0.29, 0.717) is 0 Å². The number of nitrogens with one attached hydrogen (secondary N) is 1. The van der Waals surface area contributed by atoms with Crippen LogP contribution in [0, 0.1) is 0 Å². The minimum atomic E-state index is 0.742. The summed E-state index contributed by atoms with van der Waals surface area (Å²) in [5.74, 6) is 0. The van der Waals surface area contributed by atoms with Crippen molar-refractivity contribution in [2.45, 2.75) is 45.4 Å². The topological polar surface area (TPSA) is 32.3 Å². The van der Waals surface area contributed by atoms with Crippen molar-refractivity contribution in [1.82, 2.24) is 5.48 Å². The van der Waals surface area contributed by atoms with Gasteiger partial charge in [-0.05, 0) is 6.42 Å². The molecule has 0 bridgehead atoms. The fourth-order valence-corrected chi connectivity index (χ4v) is 0.984. The van der Waals surface area contributed by atoms with Gasteiger partial charge in [0.15, 0.2) is 0 Å². The van der Waals surface area contributed by atoms with Crippen molar-refractivity contribution in [3.8, 4) is 0 Å². The molecule has 62 valence electrons. The molecule has 0 aromatic rings. The van der Waals surface area contributed by atoms with Crippen molar-refractivity contribution in [3.05, 3.63) is 0 Å². The van der Waals surface area contributed by atoms with E-state index in [9.17, 15) is 0 Å². The highest BCUT2D eigenvalue weighted by Gasteiger charge is 1.87. The lowest BCUT2D eigenvalue weighted by Crippen LogP contribution is -2.07. The molecule has 2 heteroatoms. The monoisotopic (exact) mass is 145 g/mol. The molecule has 0 saturated heterocycles. The summed E-state index contributed by atoms with van der Waals surface area (Å²) in [6, 6.07) is 0. The van der Waals surface area contributed by atoms with Crippen LogP contribution in [0.5, 0.6) is 0 Å². The lowest BCUT2D eigenvalue weighted by atomic mass is 10.1. The normalized spacial score (nSPS) is 10.2. The quantitative estimate of drug-likeness (QED) is 0.425. The summed E-state index contributed by atoms with van der Waals surface area (Å²) in [6.45, 7) is 2.96. The Kier molecular flexibility index (Phi) is 8.85. The van der Waals surface area contributed by atoms with Crippen LogP contribution in [-0.4, -0.2) is 11.8 Å². The number of unbranched alkanes of at least 4 members (excludes halogenated alkanes) is 5. The van der Waals surface area contributed by atoms with E-state index in [1.165, 1.54) is 32.1 Å². The van der Waals surface area contributed by atoms with E-state index in [0.717, 1.165) is 13.0 Å². The Balaban J connectivity index is 2.65. The Morgan fingerprint density at radius 2 is 1.60 bits per heavy atom. The van der Waals surface area contributed by atoms with Gasteiger partial charge in [-0.15, -0.1) is 0 Å². The molecule has 2 nitrogen and oxygen atoms in total. The van der Waals surface area contributed by atoms with E-state index in [4.69, 9.17) is 5.21 Å². The van der Waals surface area contributed by atoms with E-state index in [1.807, 2.05) is 0 Å². The first-order valence-corrected chi connectivity index (χ1v) is 4.28. The first kappa shape index (κ1) is 9.92. The molecule has 0 radical (unpaired) electrons. The average molecular weight is 145 g/mol. The second-order valence-corrected chi connectivity index (χ2v) is 2.68. The molecule has 0 unspecified atom stereocenters. The number of hydrogen-bond donors (Lipinski definition) is 2. The summed E-state index contributed by atoms with van der Waals surface area (Å²) in [7, 11) is 0. The lowest BCUT2D eigenvalue weighted by molar-refractivity contribution is 0.164. The molecule has 0 aliphatic heterocycles. The second kappa shape index (κ2) is 8.92.